The van der Waals surface area contributed by atoms with Crippen LogP contribution in [0.25, 0.3) is 0 Å². The molecule has 0 fully saturated rings. The van der Waals surface area contributed by atoms with Crippen molar-refractivity contribution in [1.29, 1.82) is 0 Å². The lowest BCUT2D eigenvalue weighted by molar-refractivity contribution is 0.323. The Kier molecular flexibility index (Phi) is 7.11. The van der Waals surface area contributed by atoms with E-state index in [1.807, 2.05) is 20.8 Å². The molecular formula is C15H27N3O2S. The zero-order valence-electron chi connectivity index (χ0n) is 13.5. The first-order valence-corrected chi connectivity index (χ1v) is 9.13. The Bertz CT molecular complexity index is 531. The minimum absolute atomic E-state index is 0.0296. The molecule has 1 unspecified atom stereocenters. The molecule has 1 heterocycles. The van der Waals surface area contributed by atoms with Crippen LogP contribution in [0, 0.1) is 0 Å². The van der Waals surface area contributed by atoms with Gasteiger partial charge in [0.15, 0.2) is 5.03 Å². The van der Waals surface area contributed by atoms with E-state index in [1.54, 1.807) is 16.4 Å². The highest BCUT2D eigenvalue weighted by atomic mass is 32.2. The average Bonchev–Trinajstić information content (AvgIpc) is 2.48. The Hall–Kier alpha value is -1.14. The molecule has 1 rings (SSSR count). The van der Waals surface area contributed by atoms with Gasteiger partial charge in [-0.2, -0.15) is 4.31 Å². The highest BCUT2D eigenvalue weighted by molar-refractivity contribution is 7.89. The van der Waals surface area contributed by atoms with Crippen LogP contribution in [0.4, 0.5) is 5.69 Å². The van der Waals surface area contributed by atoms with E-state index < -0.39 is 10.0 Å². The van der Waals surface area contributed by atoms with Crippen molar-refractivity contribution in [1.82, 2.24) is 9.29 Å². The molecule has 0 aliphatic carbocycles. The normalized spacial score (nSPS) is 13.4. The second kappa shape index (κ2) is 8.34. The van der Waals surface area contributed by atoms with Crippen LogP contribution >= 0.6 is 0 Å². The molecule has 6 heteroatoms. The van der Waals surface area contributed by atoms with Gasteiger partial charge in [0.25, 0.3) is 10.0 Å². The molecular weight excluding hydrogens is 286 g/mol. The van der Waals surface area contributed by atoms with Crippen molar-refractivity contribution < 1.29 is 8.42 Å². The number of pyridine rings is 1. The Morgan fingerprint density at radius 2 is 2.05 bits per heavy atom. The van der Waals surface area contributed by atoms with Gasteiger partial charge in [-0.3, -0.25) is 0 Å². The van der Waals surface area contributed by atoms with E-state index in [4.69, 9.17) is 0 Å². The van der Waals surface area contributed by atoms with Crippen LogP contribution in [0.15, 0.2) is 23.4 Å². The van der Waals surface area contributed by atoms with Gasteiger partial charge in [-0.25, -0.2) is 13.4 Å². The van der Waals surface area contributed by atoms with Crippen LogP contribution in [-0.2, 0) is 10.0 Å². The zero-order valence-corrected chi connectivity index (χ0v) is 14.3. The molecule has 0 bridgehead atoms. The number of unbranched alkanes of at least 4 members (excludes halogenated alkanes) is 1. The molecule has 0 radical (unpaired) electrons. The first-order valence-electron chi connectivity index (χ1n) is 7.69. The van der Waals surface area contributed by atoms with Gasteiger partial charge >= 0.3 is 0 Å². The van der Waals surface area contributed by atoms with E-state index in [-0.39, 0.29) is 11.1 Å². The molecule has 1 aromatic rings. The van der Waals surface area contributed by atoms with Crippen molar-refractivity contribution in [2.45, 2.75) is 58.0 Å². The third-order valence-corrected chi connectivity index (χ3v) is 5.48. The first-order chi connectivity index (χ1) is 9.98. The van der Waals surface area contributed by atoms with E-state index in [0.29, 0.717) is 18.8 Å². The van der Waals surface area contributed by atoms with Crippen LogP contribution in [-0.4, -0.2) is 36.8 Å². The maximum atomic E-state index is 13.0. The molecule has 0 aliphatic heterocycles. The minimum Gasteiger partial charge on any atom is -0.383 e. The molecule has 0 saturated carbocycles. The highest BCUT2D eigenvalue weighted by Gasteiger charge is 2.30. The van der Waals surface area contributed by atoms with Gasteiger partial charge < -0.3 is 5.32 Å². The summed E-state index contributed by atoms with van der Waals surface area (Å²) >= 11 is 0. The lowest BCUT2D eigenvalue weighted by Gasteiger charge is -2.28. The number of rotatable bonds is 9. The van der Waals surface area contributed by atoms with Crippen molar-refractivity contribution in [3.05, 3.63) is 18.3 Å². The average molecular weight is 313 g/mol. The third-order valence-electron chi connectivity index (χ3n) is 3.51. The van der Waals surface area contributed by atoms with E-state index in [1.165, 1.54) is 6.20 Å². The number of sulfonamides is 1. The first kappa shape index (κ1) is 17.9. The summed E-state index contributed by atoms with van der Waals surface area (Å²) in [5, 5.41) is 3.21. The third kappa shape index (κ3) is 4.41. The Morgan fingerprint density at radius 1 is 1.33 bits per heavy atom. The number of hydrogen-bond acceptors (Lipinski definition) is 4. The number of nitrogens with one attached hydrogen (secondary N) is 1. The number of hydrogen-bond donors (Lipinski definition) is 1. The lowest BCUT2D eigenvalue weighted by atomic mass is 10.2. The van der Waals surface area contributed by atoms with E-state index in [9.17, 15) is 8.42 Å². The second-order valence-corrected chi connectivity index (χ2v) is 6.92. The van der Waals surface area contributed by atoms with Gasteiger partial charge in [-0.1, -0.05) is 20.3 Å². The molecule has 1 N–H and O–H groups in total. The summed E-state index contributed by atoms with van der Waals surface area (Å²) in [6.07, 6.45) is 4.13. The van der Waals surface area contributed by atoms with Gasteiger partial charge in [0.2, 0.25) is 0 Å². The Morgan fingerprint density at radius 3 is 2.62 bits per heavy atom. The van der Waals surface area contributed by atoms with Crippen LogP contribution in [0.1, 0.15) is 47.0 Å². The van der Waals surface area contributed by atoms with Crippen LogP contribution in [0.3, 0.4) is 0 Å². The lowest BCUT2D eigenvalue weighted by Crippen LogP contribution is -2.39. The van der Waals surface area contributed by atoms with E-state index >= 15 is 0 Å². The molecule has 21 heavy (non-hydrogen) atoms. The maximum absolute atomic E-state index is 13.0. The minimum atomic E-state index is -3.58. The fourth-order valence-electron chi connectivity index (χ4n) is 2.13. The summed E-state index contributed by atoms with van der Waals surface area (Å²) < 4.78 is 27.5. The second-order valence-electron chi connectivity index (χ2n) is 5.11. The van der Waals surface area contributed by atoms with Crippen molar-refractivity contribution >= 4 is 15.7 Å². The summed E-state index contributed by atoms with van der Waals surface area (Å²) in [4.78, 5) is 4.12. The summed E-state index contributed by atoms with van der Waals surface area (Å²) in [6, 6.07) is 3.48. The number of anilines is 1. The van der Waals surface area contributed by atoms with E-state index in [0.717, 1.165) is 19.3 Å². The summed E-state index contributed by atoms with van der Waals surface area (Å²) in [6.45, 7) is 9.15. The SMILES string of the molecule is CCCCN(C(C)CC)S(=O)(=O)c1ncccc1NCC. The quantitative estimate of drug-likeness (QED) is 0.761. The standard InChI is InChI=1S/C15H27N3O2S/c1-5-8-12-18(13(4)6-2)21(19,20)15-14(16-7-3)10-9-11-17-15/h9-11,13,16H,5-8,12H2,1-4H3. The molecule has 1 atom stereocenters. The van der Waals surface area contributed by atoms with Crippen molar-refractivity contribution in [2.75, 3.05) is 18.4 Å². The fourth-order valence-corrected chi connectivity index (χ4v) is 3.95. The van der Waals surface area contributed by atoms with Crippen molar-refractivity contribution in [2.24, 2.45) is 0 Å². The monoisotopic (exact) mass is 313 g/mol. The molecule has 5 nitrogen and oxygen atoms in total. The predicted octanol–water partition coefficient (Wildman–Crippen LogP) is 3.10. The van der Waals surface area contributed by atoms with E-state index in [2.05, 4.69) is 17.2 Å². The summed E-state index contributed by atoms with van der Waals surface area (Å²) in [5.74, 6) is 0. The largest absolute Gasteiger partial charge is 0.383 e. The summed E-state index contributed by atoms with van der Waals surface area (Å²) in [7, 11) is -3.58. The predicted molar refractivity (Wildman–Crippen MR) is 87.0 cm³/mol. The van der Waals surface area contributed by atoms with Gasteiger partial charge in [0.1, 0.15) is 0 Å². The van der Waals surface area contributed by atoms with Crippen LogP contribution < -0.4 is 5.32 Å². The molecule has 120 valence electrons. The molecule has 0 amide bonds. The molecule has 0 spiro atoms. The summed E-state index contributed by atoms with van der Waals surface area (Å²) in [5.41, 5.74) is 0.574. The van der Waals surface area contributed by atoms with Gasteiger partial charge in [0, 0.05) is 25.3 Å². The molecule has 1 aromatic heterocycles. The Labute approximate surface area is 128 Å². The highest BCUT2D eigenvalue weighted by Crippen LogP contribution is 2.24. The van der Waals surface area contributed by atoms with Crippen molar-refractivity contribution in [3.63, 3.8) is 0 Å². The van der Waals surface area contributed by atoms with Crippen LogP contribution in [0.5, 0.6) is 0 Å². The topological polar surface area (TPSA) is 62.3 Å². The molecule has 0 aliphatic rings. The smallest absolute Gasteiger partial charge is 0.262 e. The van der Waals surface area contributed by atoms with Gasteiger partial charge in [0.05, 0.1) is 5.69 Å². The fraction of sp³-hybridized carbons (Fsp3) is 0.667. The van der Waals surface area contributed by atoms with Crippen molar-refractivity contribution in [3.8, 4) is 0 Å². The van der Waals surface area contributed by atoms with Gasteiger partial charge in [-0.15, -0.1) is 0 Å². The Balaban J connectivity index is 3.22. The maximum Gasteiger partial charge on any atom is 0.262 e. The number of nitrogens with zero attached hydrogens (tertiary/aromatic N) is 2. The van der Waals surface area contributed by atoms with Crippen LogP contribution in [0.2, 0.25) is 0 Å². The molecule has 0 saturated heterocycles. The van der Waals surface area contributed by atoms with Gasteiger partial charge in [-0.05, 0) is 38.8 Å². The number of aromatic nitrogens is 1. The zero-order chi connectivity index (χ0) is 15.9. The molecule has 0 aromatic carbocycles.